The van der Waals surface area contributed by atoms with Crippen LogP contribution in [0.5, 0.6) is 17.2 Å². The predicted molar refractivity (Wildman–Crippen MR) is 409 cm³/mol. The lowest BCUT2D eigenvalue weighted by Gasteiger charge is -2.57. The van der Waals surface area contributed by atoms with Gasteiger partial charge < -0.3 is 51.8 Å². The van der Waals surface area contributed by atoms with E-state index in [1.54, 1.807) is 56.8 Å². The normalized spacial score (nSPS) is 35.2. The quantitative estimate of drug-likeness (QED) is 0.0340. The molecule has 17 rings (SSSR count). The van der Waals surface area contributed by atoms with E-state index >= 15 is 0 Å². The Labute approximate surface area is 614 Å². The van der Waals surface area contributed by atoms with Crippen LogP contribution in [0.1, 0.15) is 177 Å². The summed E-state index contributed by atoms with van der Waals surface area (Å²) in [5, 5.41) is 77.3. The number of rotatable bonds is 2. The van der Waals surface area contributed by atoms with Crippen molar-refractivity contribution in [1.82, 2.24) is 4.98 Å². The summed E-state index contributed by atoms with van der Waals surface area (Å²) >= 11 is 0. The molecule has 0 unspecified atom stereocenters. The summed E-state index contributed by atoms with van der Waals surface area (Å²) in [7, 11) is 7.01. The van der Waals surface area contributed by atoms with Gasteiger partial charge in [-0.15, -0.1) is 0 Å². The molecule has 3 fully saturated rings. The van der Waals surface area contributed by atoms with Gasteiger partial charge in [-0.05, 0) is 245 Å². The molecule has 0 amide bonds. The Kier molecular flexibility index (Phi) is 18.4. The number of hydrogen-bond acceptors (Lipinski definition) is 15. The van der Waals surface area contributed by atoms with E-state index in [1.165, 1.54) is 33.4 Å². The number of ether oxygens (including phenoxy) is 1. The van der Waals surface area contributed by atoms with E-state index in [0.717, 1.165) is 90.6 Å². The van der Waals surface area contributed by atoms with Gasteiger partial charge in [0.2, 0.25) is 0 Å². The number of nitrogens with two attached hydrogens (primary N) is 2. The van der Waals surface area contributed by atoms with E-state index in [0.29, 0.717) is 85.3 Å². The Balaban J connectivity index is 0.790. The van der Waals surface area contributed by atoms with Crippen molar-refractivity contribution in [3.8, 4) is 29.1 Å². The second-order valence-electron chi connectivity index (χ2n) is 32.3. The van der Waals surface area contributed by atoms with Crippen LogP contribution in [0.4, 0.5) is 0 Å². The monoisotopic (exact) mass is 1440 g/mol. The van der Waals surface area contributed by atoms with Crippen molar-refractivity contribution in [1.29, 1.82) is 0 Å². The topological polar surface area (TPSA) is 233 Å². The number of aliphatic hydroxyl groups excluding tert-OH is 2. The van der Waals surface area contributed by atoms with Crippen molar-refractivity contribution in [3.63, 3.8) is 0 Å². The second-order valence-corrected chi connectivity index (χ2v) is 37.4. The van der Waals surface area contributed by atoms with Crippen LogP contribution in [0.3, 0.4) is 0 Å². The maximum Gasteiger partial charge on any atom is 0.165 e. The van der Waals surface area contributed by atoms with Crippen molar-refractivity contribution in [2.75, 3.05) is 24.7 Å². The van der Waals surface area contributed by atoms with Gasteiger partial charge in [0.1, 0.15) is 5.75 Å². The van der Waals surface area contributed by atoms with Crippen molar-refractivity contribution >= 4 is 60.8 Å². The zero-order valence-electron chi connectivity index (χ0n) is 57.7. The number of nitrogens with one attached hydrogen (secondary N) is 1. The number of phenols is 2. The Morgan fingerprint density at radius 2 is 1.49 bits per heavy atom. The van der Waals surface area contributed by atoms with Crippen molar-refractivity contribution in [3.05, 3.63) is 223 Å². The second kappa shape index (κ2) is 27.3. The summed E-state index contributed by atoms with van der Waals surface area (Å²) < 4.78 is 6.36. The lowest BCUT2D eigenvalue weighted by atomic mass is 9.48. The van der Waals surface area contributed by atoms with E-state index in [1.807, 2.05) is 47.2 Å². The molecule has 530 valence electrons. The summed E-state index contributed by atoms with van der Waals surface area (Å²) in [4.78, 5) is 32.8. The van der Waals surface area contributed by atoms with Gasteiger partial charge in [0.15, 0.2) is 23.1 Å². The minimum absolute atomic E-state index is 0.00806. The average molecular weight is 1440 g/mol. The molecule has 9 aliphatic carbocycles. The lowest BCUT2D eigenvalue weighted by molar-refractivity contribution is -0.168. The molecular formula is C86H93N3O9S4. The number of hydrogen-bond donors (Lipinski definition) is 9. The molecule has 3 saturated carbocycles. The van der Waals surface area contributed by atoms with Crippen LogP contribution in [0, 0.1) is 69.5 Å². The fourth-order valence-corrected chi connectivity index (χ4v) is 27.4. The fourth-order valence-electron chi connectivity index (χ4n) is 21.6. The first-order valence-corrected chi connectivity index (χ1v) is 42.2. The first kappa shape index (κ1) is 68.9. The first-order valence-electron chi connectivity index (χ1n) is 37.3. The van der Waals surface area contributed by atoms with E-state index in [-0.39, 0.29) is 102 Å². The van der Waals surface area contributed by atoms with Gasteiger partial charge in [0, 0.05) is 76.9 Å². The number of Topliss-reactive ketones (excluding diaryl/α,β-unsaturated/α-hetero) is 1. The molecule has 1 aromatic heterocycles. The number of ketones is 2. The number of carbonyl (C=O) groups is 2. The molecule has 0 radical (unpaired) electrons. The highest BCUT2D eigenvalue weighted by Crippen LogP contribution is 2.72. The zero-order valence-corrected chi connectivity index (χ0v) is 61.0. The largest absolute Gasteiger partial charge is 0.508 e. The summed E-state index contributed by atoms with van der Waals surface area (Å²) in [6.07, 6.45) is 29.2. The number of carbonyl (C=O) groups excluding carboxylic acids is 2. The van der Waals surface area contributed by atoms with Gasteiger partial charge in [-0.2, -0.15) is 0 Å². The smallest absolute Gasteiger partial charge is 0.165 e. The molecule has 3 heterocycles. The number of aromatic nitrogens is 1. The van der Waals surface area contributed by atoms with Gasteiger partial charge in [0.05, 0.1) is 48.4 Å². The number of benzene rings is 5. The number of allylic oxidation sites excluding steroid dienone is 6. The molecule has 5 aromatic carbocycles. The number of fused-ring (bicyclic) bond motifs is 18. The molecule has 0 saturated heterocycles. The number of phenolic OH excluding ortho intramolecular Hbond substituents is 2. The van der Waals surface area contributed by atoms with E-state index in [9.17, 15) is 40.2 Å². The third kappa shape index (κ3) is 12.3. The van der Waals surface area contributed by atoms with Gasteiger partial charge in [-0.25, -0.2) is 0 Å². The summed E-state index contributed by atoms with van der Waals surface area (Å²) in [5.74, 6) is 7.53. The van der Waals surface area contributed by atoms with Crippen molar-refractivity contribution < 1.29 is 45.0 Å². The van der Waals surface area contributed by atoms with Crippen molar-refractivity contribution in [2.45, 2.75) is 162 Å². The van der Waals surface area contributed by atoms with E-state index in [4.69, 9.17) is 16.2 Å². The molecule has 2 aliphatic heterocycles. The Morgan fingerprint density at radius 1 is 0.676 bits per heavy atom. The molecule has 16 atom stereocenters. The van der Waals surface area contributed by atoms with Gasteiger partial charge in [0.25, 0.3) is 0 Å². The minimum atomic E-state index is -1.45. The molecule has 23 bridgehead atoms. The fraction of sp³-hybridized carbons (Fsp3) is 0.465. The Bertz CT molecular complexity index is 4510. The van der Waals surface area contributed by atoms with Gasteiger partial charge in [-0.3, -0.25) is 9.59 Å². The van der Waals surface area contributed by atoms with Crippen LogP contribution in [0.2, 0.25) is 0 Å². The Hall–Kier alpha value is -6.20. The highest BCUT2D eigenvalue weighted by molar-refractivity contribution is 8.77. The van der Waals surface area contributed by atoms with Crippen LogP contribution >= 0.6 is 43.2 Å². The number of aromatic amines is 1. The van der Waals surface area contributed by atoms with Crippen molar-refractivity contribution in [2.24, 2.45) is 69.1 Å². The minimum Gasteiger partial charge on any atom is -0.508 e. The third-order valence-electron chi connectivity index (χ3n) is 26.8. The molecule has 6 aromatic rings. The number of aryl methyl sites for hydroxylation is 4. The third-order valence-corrected chi connectivity index (χ3v) is 32.0. The number of aliphatic hydroxyl groups is 4. The average Bonchev–Trinajstić information content (AvgIpc) is 1.52. The zero-order chi connectivity index (χ0) is 69.9. The summed E-state index contributed by atoms with van der Waals surface area (Å²) in [6, 6.07) is 30.8. The highest BCUT2D eigenvalue weighted by Gasteiger charge is 2.67. The molecule has 11 aliphatic rings. The lowest BCUT2D eigenvalue weighted by Crippen LogP contribution is -2.58. The molecule has 12 nitrogen and oxygen atoms in total. The van der Waals surface area contributed by atoms with Crippen LogP contribution in [0.15, 0.2) is 140 Å². The van der Waals surface area contributed by atoms with Crippen LogP contribution < -0.4 is 16.2 Å². The van der Waals surface area contributed by atoms with Gasteiger partial charge in [-0.1, -0.05) is 158 Å². The SMILES string of the molecule is NC(N)c1cc2c3cc1CSSC[C@@H]1C[C@]4(/C=C/C(=O)CCc5ccc(O)c(c5)OCCc5ccc(O)c(c5)[C@H]3CC(=O)c3cc[nH]c3CC#C2)C[C@@]1(O)[C@@H]1C=C[C@@H]4C[C@]23C=C[C@]45C[C@@H]6C[C@@](O)(C2)[C@H](O)[C@@H]2CCc7ccc(cc7/C=C/[C@H]6CC2)CCc2ccc(c(c2)C[C@@H]34)[C@H](CO)[C@H]5CSS1. The van der Waals surface area contributed by atoms with Crippen LogP contribution in [-0.2, 0) is 55.5 Å². The maximum absolute atomic E-state index is 14.9. The van der Waals surface area contributed by atoms with E-state index < -0.39 is 45.6 Å². The van der Waals surface area contributed by atoms with Gasteiger partial charge >= 0.3 is 0 Å². The molecule has 102 heavy (non-hydrogen) atoms. The first-order chi connectivity index (χ1) is 49.4. The van der Waals surface area contributed by atoms with E-state index in [2.05, 4.69) is 102 Å². The Morgan fingerprint density at radius 3 is 2.35 bits per heavy atom. The molecule has 16 heteroatoms. The summed E-state index contributed by atoms with van der Waals surface area (Å²) in [6.45, 7) is 0.179. The standard InChI is InChI=1S/C86H93N3O9S4/c87-81(88)68-36-58-2-1-3-73-66(25-30-89-73)76(94)39-69-67(58)37-60(68)45-99-100-46-63-43-82(27-24-64(91)19-7-52-10-22-75(93)77(35-52)98-31-26-53-9-21-74(92)70(69)34-53)49-86(63,97)79-23-18-62(82)42-83-28-29-84-40-61-41-85(96,48-83)80(95)56-15-12-54-11-6-50(32-57(54)17-14-55(61)13-16-56)4-5-51-8-20-65(59(33-51)38-78(83)84)71(44-90)72(84)47-101-102-79/h6,8-11,14,17-18,20-25,27-30,32-37,55-56,61-63,69,71-72,78-81,89-90,92-93,95-97H,3-5,7,12-13,15-16,19,26,31,38-49,87-88H2/b17-14+,27-24+/t55-,56-,61-,62-,63+,69+,71+,72-,78+,79+,80-,82-,83-,84-,85-,86+/m1/s1. The number of H-pyrrole nitrogens is 1. The molecular weight excluding hydrogens is 1350 g/mol. The molecule has 1 spiro atoms. The number of aromatic hydroxyl groups is 2. The summed E-state index contributed by atoms with van der Waals surface area (Å²) in [5.41, 5.74) is 23.2. The molecule has 11 N–H and O–H groups in total. The predicted octanol–water partition coefficient (Wildman–Crippen LogP) is 14.5. The van der Waals surface area contributed by atoms with Crippen LogP contribution in [-0.4, -0.2) is 94.5 Å². The highest BCUT2D eigenvalue weighted by atomic mass is 33.1. The maximum atomic E-state index is 14.9. The van der Waals surface area contributed by atoms with Crippen LogP contribution in [0.25, 0.3) is 6.08 Å².